The summed E-state index contributed by atoms with van der Waals surface area (Å²) in [7, 11) is -2.60. The Labute approximate surface area is 193 Å². The second kappa shape index (κ2) is 19.4. The molecule has 0 saturated carbocycles. The summed E-state index contributed by atoms with van der Waals surface area (Å²) in [5.74, 6) is -0.648. The monoisotopic (exact) mass is 479 g/mol. The van der Waals surface area contributed by atoms with Crippen molar-refractivity contribution in [3.8, 4) is 0 Å². The van der Waals surface area contributed by atoms with Gasteiger partial charge in [0.05, 0.1) is 12.8 Å². The fourth-order valence-corrected chi connectivity index (χ4v) is 4.66. The van der Waals surface area contributed by atoms with Gasteiger partial charge in [0.15, 0.2) is 0 Å². The Balaban J connectivity index is 5.17. The van der Waals surface area contributed by atoms with E-state index in [0.29, 0.717) is 24.7 Å². The first kappa shape index (κ1) is 30.9. The average molecular weight is 480 g/mol. The SMILES string of the molecule is CCCCC(CC)CC(CC(=O)NO)O[P+](=O)OC(CC(=O)NO)CC(CC)CCCC. The molecule has 0 fully saturated rings. The Hall–Kier alpha value is -1.12. The maximum atomic E-state index is 12.7. The molecule has 32 heavy (non-hydrogen) atoms. The number of amides is 2. The van der Waals surface area contributed by atoms with Crippen LogP contribution in [0.5, 0.6) is 0 Å². The van der Waals surface area contributed by atoms with Gasteiger partial charge in [0.1, 0.15) is 12.2 Å². The van der Waals surface area contributed by atoms with Crippen molar-refractivity contribution in [1.29, 1.82) is 0 Å². The van der Waals surface area contributed by atoms with Crippen LogP contribution in [0, 0.1) is 11.8 Å². The Kier molecular flexibility index (Phi) is 18.7. The van der Waals surface area contributed by atoms with E-state index in [0.717, 1.165) is 51.4 Å². The Morgan fingerprint density at radius 3 is 1.44 bits per heavy atom. The minimum Gasteiger partial charge on any atom is -0.289 e. The van der Waals surface area contributed by atoms with Crippen LogP contribution in [0.3, 0.4) is 0 Å². The molecule has 4 unspecified atom stereocenters. The molecular formula is C22H44N2O7P+. The smallest absolute Gasteiger partial charge is 0.289 e. The second-order valence-corrected chi connectivity index (χ2v) is 9.33. The predicted molar refractivity (Wildman–Crippen MR) is 122 cm³/mol. The molecule has 0 radical (unpaired) electrons. The van der Waals surface area contributed by atoms with Crippen LogP contribution < -0.4 is 11.0 Å². The number of hydrogen-bond acceptors (Lipinski definition) is 7. The van der Waals surface area contributed by atoms with Crippen molar-refractivity contribution in [2.45, 2.75) is 117 Å². The van der Waals surface area contributed by atoms with Gasteiger partial charge in [-0.3, -0.25) is 20.0 Å². The molecule has 0 aromatic rings. The fourth-order valence-electron chi connectivity index (χ4n) is 3.81. The highest BCUT2D eigenvalue weighted by Gasteiger charge is 2.35. The van der Waals surface area contributed by atoms with Crippen molar-refractivity contribution >= 4 is 20.1 Å². The van der Waals surface area contributed by atoms with Gasteiger partial charge < -0.3 is 0 Å². The minimum absolute atomic E-state index is 0.139. The second-order valence-electron chi connectivity index (χ2n) is 8.46. The highest BCUT2D eigenvalue weighted by atomic mass is 31.1. The van der Waals surface area contributed by atoms with Gasteiger partial charge in [0, 0.05) is 4.57 Å². The third kappa shape index (κ3) is 14.9. The lowest BCUT2D eigenvalue weighted by Crippen LogP contribution is -2.28. The molecular weight excluding hydrogens is 435 g/mol. The standard InChI is InChI=1S/C22H43N2O7P/c1-5-9-11-17(7-3)13-19(15-21(25)23-27)30-32(29)31-20(16-22(26)24-28)14-18(8-4)12-10-6-2/h17-20H,5-16H2,1-4H3,(H3-,23,24,25,26,27,28)/p+1. The largest absolute Gasteiger partial charge is 0.697 e. The van der Waals surface area contributed by atoms with Crippen LogP contribution in [0.15, 0.2) is 0 Å². The summed E-state index contributed by atoms with van der Waals surface area (Å²) in [6.07, 6.45) is 7.35. The van der Waals surface area contributed by atoms with Crippen molar-refractivity contribution in [1.82, 2.24) is 11.0 Å². The van der Waals surface area contributed by atoms with E-state index < -0.39 is 32.3 Å². The van der Waals surface area contributed by atoms with Gasteiger partial charge >= 0.3 is 8.25 Å². The van der Waals surface area contributed by atoms with Crippen LogP contribution in [0.1, 0.15) is 105 Å². The van der Waals surface area contributed by atoms with Gasteiger partial charge in [-0.1, -0.05) is 79.1 Å². The highest BCUT2D eigenvalue weighted by molar-refractivity contribution is 7.33. The molecule has 0 aliphatic carbocycles. The van der Waals surface area contributed by atoms with Crippen molar-refractivity contribution in [3.63, 3.8) is 0 Å². The number of hydrogen-bond donors (Lipinski definition) is 4. The van der Waals surface area contributed by atoms with Crippen LogP contribution in [0.2, 0.25) is 0 Å². The number of carbonyl (C=O) groups excluding carboxylic acids is 2. The van der Waals surface area contributed by atoms with Crippen LogP contribution in [0.4, 0.5) is 0 Å². The molecule has 9 nitrogen and oxygen atoms in total. The third-order valence-corrected chi connectivity index (χ3v) is 6.77. The molecule has 4 N–H and O–H groups in total. The first-order valence-electron chi connectivity index (χ1n) is 12.0. The van der Waals surface area contributed by atoms with Crippen LogP contribution in [-0.2, 0) is 23.2 Å². The molecule has 10 heteroatoms. The number of unbranched alkanes of at least 4 members (excludes halogenated alkanes) is 2. The molecule has 4 atom stereocenters. The molecule has 0 aromatic carbocycles. The molecule has 0 heterocycles. The fraction of sp³-hybridized carbons (Fsp3) is 0.909. The third-order valence-electron chi connectivity index (χ3n) is 5.82. The van der Waals surface area contributed by atoms with Gasteiger partial charge in [-0.2, -0.15) is 0 Å². The normalized spacial score (nSPS) is 15.5. The molecule has 188 valence electrons. The molecule has 0 spiro atoms. The lowest BCUT2D eigenvalue weighted by molar-refractivity contribution is -0.131. The van der Waals surface area contributed by atoms with Gasteiger partial charge in [-0.25, -0.2) is 11.0 Å². The van der Waals surface area contributed by atoms with Crippen LogP contribution >= 0.6 is 8.25 Å². The van der Waals surface area contributed by atoms with Crippen molar-refractivity contribution in [2.75, 3.05) is 0 Å². The Morgan fingerprint density at radius 2 is 1.16 bits per heavy atom. The molecule has 0 aliphatic heterocycles. The summed E-state index contributed by atoms with van der Waals surface area (Å²) in [6, 6.07) is 0. The first-order valence-corrected chi connectivity index (χ1v) is 13.1. The maximum absolute atomic E-state index is 12.7. The van der Waals surface area contributed by atoms with Crippen molar-refractivity contribution in [2.24, 2.45) is 11.8 Å². The van der Waals surface area contributed by atoms with Crippen molar-refractivity contribution < 1.29 is 33.6 Å². The van der Waals surface area contributed by atoms with Gasteiger partial charge in [0.2, 0.25) is 11.8 Å². The van der Waals surface area contributed by atoms with Gasteiger partial charge in [-0.05, 0) is 24.7 Å². The van der Waals surface area contributed by atoms with E-state index >= 15 is 0 Å². The minimum atomic E-state index is -2.60. The molecule has 2 amide bonds. The van der Waals surface area contributed by atoms with E-state index in [1.165, 1.54) is 0 Å². The lowest BCUT2D eigenvalue weighted by atomic mass is 9.92. The number of hydroxylamine groups is 2. The van der Waals surface area contributed by atoms with Crippen molar-refractivity contribution in [3.05, 3.63) is 0 Å². The Morgan fingerprint density at radius 1 is 0.781 bits per heavy atom. The summed E-state index contributed by atoms with van der Waals surface area (Å²) >= 11 is 0. The van der Waals surface area contributed by atoms with E-state index in [9.17, 15) is 14.2 Å². The summed E-state index contributed by atoms with van der Waals surface area (Å²) in [6.45, 7) is 8.34. The quantitative estimate of drug-likeness (QED) is 0.104. The Bertz CT molecular complexity index is 492. The van der Waals surface area contributed by atoms with Crippen LogP contribution in [-0.4, -0.2) is 34.4 Å². The van der Waals surface area contributed by atoms with Crippen LogP contribution in [0.25, 0.3) is 0 Å². The first-order chi connectivity index (χ1) is 15.3. The van der Waals surface area contributed by atoms with Gasteiger partial charge in [0.25, 0.3) is 0 Å². The molecule has 0 aliphatic rings. The number of rotatable bonds is 20. The molecule has 0 bridgehead atoms. The lowest BCUT2D eigenvalue weighted by Gasteiger charge is -2.20. The van der Waals surface area contributed by atoms with E-state index in [1.54, 1.807) is 11.0 Å². The van der Waals surface area contributed by atoms with Gasteiger partial charge in [-0.15, -0.1) is 9.05 Å². The summed E-state index contributed by atoms with van der Waals surface area (Å²) in [5.41, 5.74) is 3.19. The summed E-state index contributed by atoms with van der Waals surface area (Å²) in [4.78, 5) is 23.4. The topological polar surface area (TPSA) is 134 Å². The zero-order valence-corrected chi connectivity index (χ0v) is 21.1. The number of nitrogens with one attached hydrogen (secondary N) is 2. The molecule has 0 aromatic heterocycles. The zero-order chi connectivity index (χ0) is 24.4. The van der Waals surface area contributed by atoms with E-state index in [4.69, 9.17) is 19.5 Å². The highest BCUT2D eigenvalue weighted by Crippen LogP contribution is 2.35. The maximum Gasteiger partial charge on any atom is 0.697 e. The summed E-state index contributed by atoms with van der Waals surface area (Å²) in [5, 5.41) is 17.8. The van der Waals surface area contributed by atoms with E-state index in [-0.39, 0.29) is 12.8 Å². The molecule has 0 rings (SSSR count). The summed E-state index contributed by atoms with van der Waals surface area (Å²) < 4.78 is 23.9. The zero-order valence-electron chi connectivity index (χ0n) is 20.2. The van der Waals surface area contributed by atoms with E-state index in [2.05, 4.69) is 27.7 Å². The average Bonchev–Trinajstić information content (AvgIpc) is 2.78. The predicted octanol–water partition coefficient (Wildman–Crippen LogP) is 5.42. The molecule has 0 saturated heterocycles. The number of carbonyl (C=O) groups is 2. The van der Waals surface area contributed by atoms with E-state index in [1.807, 2.05) is 0 Å².